The lowest BCUT2D eigenvalue weighted by atomic mass is 10.2. The topological polar surface area (TPSA) is 97.9 Å². The van der Waals surface area contributed by atoms with Gasteiger partial charge in [0.1, 0.15) is 18.7 Å². The summed E-state index contributed by atoms with van der Waals surface area (Å²) in [5, 5.41) is 12.7. The summed E-state index contributed by atoms with van der Waals surface area (Å²) in [5.74, 6) is 0.922. The van der Waals surface area contributed by atoms with Gasteiger partial charge in [-0.15, -0.1) is 5.10 Å². The molecular formula is C14H17N9O. The zero-order valence-corrected chi connectivity index (χ0v) is 13.3. The van der Waals surface area contributed by atoms with Crippen LogP contribution in [0.3, 0.4) is 0 Å². The SMILES string of the molecule is Cn1ncc2c(N3CCN(C(=O)Cn4ccnn4)CC3)ncnc21. The highest BCUT2D eigenvalue weighted by atomic mass is 16.2. The number of hydrogen-bond acceptors (Lipinski definition) is 7. The molecule has 0 bridgehead atoms. The smallest absolute Gasteiger partial charge is 0.244 e. The molecule has 10 nitrogen and oxygen atoms in total. The second kappa shape index (κ2) is 5.87. The third kappa shape index (κ3) is 2.55. The number of hydrogen-bond donors (Lipinski definition) is 0. The highest BCUT2D eigenvalue weighted by Gasteiger charge is 2.24. The van der Waals surface area contributed by atoms with Crippen molar-refractivity contribution in [2.45, 2.75) is 6.54 Å². The van der Waals surface area contributed by atoms with Crippen LogP contribution in [0, 0.1) is 0 Å². The van der Waals surface area contributed by atoms with Crippen molar-refractivity contribution in [1.82, 2.24) is 39.6 Å². The van der Waals surface area contributed by atoms with E-state index < -0.39 is 0 Å². The van der Waals surface area contributed by atoms with Gasteiger partial charge in [-0.2, -0.15) is 5.10 Å². The van der Waals surface area contributed by atoms with Gasteiger partial charge in [0.05, 0.1) is 17.8 Å². The minimum atomic E-state index is 0.0503. The van der Waals surface area contributed by atoms with Gasteiger partial charge in [-0.3, -0.25) is 9.48 Å². The van der Waals surface area contributed by atoms with E-state index >= 15 is 0 Å². The van der Waals surface area contributed by atoms with Gasteiger partial charge < -0.3 is 9.80 Å². The van der Waals surface area contributed by atoms with Crippen molar-refractivity contribution in [2.24, 2.45) is 7.05 Å². The second-order valence-corrected chi connectivity index (χ2v) is 5.67. The van der Waals surface area contributed by atoms with Crippen LogP contribution in [0.25, 0.3) is 11.0 Å². The van der Waals surface area contributed by atoms with E-state index in [1.54, 1.807) is 29.6 Å². The number of anilines is 1. The number of rotatable bonds is 3. The van der Waals surface area contributed by atoms with Gasteiger partial charge in [-0.25, -0.2) is 14.6 Å². The summed E-state index contributed by atoms with van der Waals surface area (Å²) in [6, 6.07) is 0. The molecule has 0 atom stereocenters. The molecule has 1 saturated heterocycles. The molecule has 0 aliphatic carbocycles. The molecule has 124 valence electrons. The molecule has 1 aliphatic rings. The molecule has 3 aromatic rings. The number of nitrogens with zero attached hydrogens (tertiary/aromatic N) is 9. The third-order valence-corrected chi connectivity index (χ3v) is 4.21. The number of amides is 1. The number of aromatic nitrogens is 7. The van der Waals surface area contributed by atoms with E-state index in [1.807, 2.05) is 11.9 Å². The molecule has 10 heteroatoms. The van der Waals surface area contributed by atoms with E-state index in [1.165, 1.54) is 4.68 Å². The highest BCUT2D eigenvalue weighted by molar-refractivity contribution is 5.86. The normalized spacial score (nSPS) is 15.2. The van der Waals surface area contributed by atoms with Crippen LogP contribution in [0.4, 0.5) is 5.82 Å². The first-order chi connectivity index (χ1) is 11.7. The molecule has 0 N–H and O–H groups in total. The van der Waals surface area contributed by atoms with Crippen LogP contribution in [0.2, 0.25) is 0 Å². The largest absolute Gasteiger partial charge is 0.352 e. The Bertz CT molecular complexity index is 848. The first kappa shape index (κ1) is 14.5. The van der Waals surface area contributed by atoms with Gasteiger partial charge in [0.25, 0.3) is 0 Å². The molecule has 24 heavy (non-hydrogen) atoms. The molecular weight excluding hydrogens is 310 g/mol. The van der Waals surface area contributed by atoms with Crippen molar-refractivity contribution in [3.05, 3.63) is 24.9 Å². The number of carbonyl (C=O) groups is 1. The van der Waals surface area contributed by atoms with Gasteiger partial charge in [0, 0.05) is 39.4 Å². The van der Waals surface area contributed by atoms with E-state index in [0.717, 1.165) is 29.9 Å². The second-order valence-electron chi connectivity index (χ2n) is 5.67. The molecule has 3 aromatic heterocycles. The van der Waals surface area contributed by atoms with Crippen LogP contribution in [-0.2, 0) is 18.4 Å². The summed E-state index contributed by atoms with van der Waals surface area (Å²) in [7, 11) is 1.86. The van der Waals surface area contributed by atoms with E-state index in [4.69, 9.17) is 0 Å². The summed E-state index contributed by atoms with van der Waals surface area (Å²) in [5.41, 5.74) is 0.810. The van der Waals surface area contributed by atoms with Gasteiger partial charge in [0.2, 0.25) is 5.91 Å². The summed E-state index contributed by atoms with van der Waals surface area (Å²) < 4.78 is 3.27. The number of carbonyl (C=O) groups excluding carboxylic acids is 1. The first-order valence-electron chi connectivity index (χ1n) is 7.72. The quantitative estimate of drug-likeness (QED) is 0.627. The monoisotopic (exact) mass is 327 g/mol. The van der Waals surface area contributed by atoms with Crippen LogP contribution in [-0.4, -0.2) is 71.7 Å². The fourth-order valence-corrected chi connectivity index (χ4v) is 2.92. The summed E-state index contributed by atoms with van der Waals surface area (Å²) in [6.45, 7) is 2.98. The molecule has 1 fully saturated rings. The predicted octanol–water partition coefficient (Wildman–Crippen LogP) is -0.696. The van der Waals surface area contributed by atoms with E-state index in [2.05, 4.69) is 30.3 Å². The van der Waals surface area contributed by atoms with Gasteiger partial charge in [-0.05, 0) is 0 Å². The maximum absolute atomic E-state index is 12.3. The Morgan fingerprint density at radius 3 is 2.79 bits per heavy atom. The number of piperazine rings is 1. The van der Waals surface area contributed by atoms with Crippen molar-refractivity contribution in [1.29, 1.82) is 0 Å². The average molecular weight is 327 g/mol. The first-order valence-corrected chi connectivity index (χ1v) is 7.72. The summed E-state index contributed by atoms with van der Waals surface area (Å²) in [6.07, 6.45) is 6.60. The molecule has 1 aliphatic heterocycles. The standard InChI is InChI=1S/C14H17N9O/c1-20-13-11(8-18-20)14(16-10-15-13)22-6-4-21(5-7-22)12(24)9-23-3-2-17-19-23/h2-3,8,10H,4-7,9H2,1H3. The lowest BCUT2D eigenvalue weighted by molar-refractivity contribution is -0.132. The van der Waals surface area contributed by atoms with Crippen LogP contribution >= 0.6 is 0 Å². The molecule has 1 amide bonds. The van der Waals surface area contributed by atoms with Crippen LogP contribution in [0.5, 0.6) is 0 Å². The van der Waals surface area contributed by atoms with E-state index in [0.29, 0.717) is 13.1 Å². The Morgan fingerprint density at radius 1 is 1.21 bits per heavy atom. The van der Waals surface area contributed by atoms with Crippen LogP contribution < -0.4 is 4.90 Å². The molecule has 0 unspecified atom stereocenters. The molecule has 0 radical (unpaired) electrons. The maximum Gasteiger partial charge on any atom is 0.244 e. The number of fused-ring (bicyclic) bond motifs is 1. The zero-order chi connectivity index (χ0) is 16.5. The van der Waals surface area contributed by atoms with E-state index in [-0.39, 0.29) is 12.5 Å². The number of aryl methyl sites for hydroxylation is 1. The van der Waals surface area contributed by atoms with Crippen molar-refractivity contribution in [3.8, 4) is 0 Å². The van der Waals surface area contributed by atoms with Gasteiger partial charge in [-0.1, -0.05) is 5.21 Å². The minimum Gasteiger partial charge on any atom is -0.352 e. The van der Waals surface area contributed by atoms with Crippen molar-refractivity contribution in [2.75, 3.05) is 31.1 Å². The molecule has 4 rings (SSSR count). The van der Waals surface area contributed by atoms with Crippen LogP contribution in [0.15, 0.2) is 24.9 Å². The Balaban J connectivity index is 1.45. The predicted molar refractivity (Wildman–Crippen MR) is 85.1 cm³/mol. The average Bonchev–Trinajstić information content (AvgIpc) is 3.25. The fraction of sp³-hybridized carbons (Fsp3) is 0.429. The molecule has 0 spiro atoms. The van der Waals surface area contributed by atoms with Gasteiger partial charge >= 0.3 is 0 Å². The Kier molecular flexibility index (Phi) is 3.56. The molecule has 0 saturated carbocycles. The summed E-state index contributed by atoms with van der Waals surface area (Å²) >= 11 is 0. The maximum atomic E-state index is 12.3. The third-order valence-electron chi connectivity index (χ3n) is 4.21. The van der Waals surface area contributed by atoms with Gasteiger partial charge in [0.15, 0.2) is 5.65 Å². The molecule has 0 aromatic carbocycles. The van der Waals surface area contributed by atoms with Crippen LogP contribution in [0.1, 0.15) is 0 Å². The summed E-state index contributed by atoms with van der Waals surface area (Å²) in [4.78, 5) is 25.0. The molecule has 4 heterocycles. The lowest BCUT2D eigenvalue weighted by Crippen LogP contribution is -2.50. The Morgan fingerprint density at radius 2 is 2.04 bits per heavy atom. The van der Waals surface area contributed by atoms with Crippen molar-refractivity contribution in [3.63, 3.8) is 0 Å². The Hall–Kier alpha value is -3.04. The van der Waals surface area contributed by atoms with Crippen molar-refractivity contribution >= 4 is 22.8 Å². The Labute approximate surface area is 137 Å². The lowest BCUT2D eigenvalue weighted by Gasteiger charge is -2.35. The van der Waals surface area contributed by atoms with E-state index in [9.17, 15) is 4.79 Å². The fourth-order valence-electron chi connectivity index (χ4n) is 2.92. The minimum absolute atomic E-state index is 0.0503. The zero-order valence-electron chi connectivity index (χ0n) is 13.3. The van der Waals surface area contributed by atoms with Crippen molar-refractivity contribution < 1.29 is 4.79 Å². The highest BCUT2D eigenvalue weighted by Crippen LogP contribution is 2.23.